The van der Waals surface area contributed by atoms with Crippen molar-refractivity contribution in [2.75, 3.05) is 0 Å². The van der Waals surface area contributed by atoms with Crippen LogP contribution in [0.3, 0.4) is 0 Å². The Morgan fingerprint density at radius 1 is 1.30 bits per heavy atom. The predicted molar refractivity (Wildman–Crippen MR) is 110 cm³/mol. The summed E-state index contributed by atoms with van der Waals surface area (Å²) in [5.74, 6) is -1.56. The molecule has 1 atom stereocenters. The highest BCUT2D eigenvalue weighted by Gasteiger charge is 2.17. The molecule has 0 saturated heterocycles. The molecular formula is C22H17F2N3O2S. The van der Waals surface area contributed by atoms with Crippen LogP contribution in [0.4, 0.5) is 8.78 Å². The molecule has 1 amide bonds. The van der Waals surface area contributed by atoms with Gasteiger partial charge in [0, 0.05) is 23.1 Å². The van der Waals surface area contributed by atoms with E-state index in [9.17, 15) is 18.8 Å². The summed E-state index contributed by atoms with van der Waals surface area (Å²) >= 11 is 1.56. The number of carbonyl (C=O) groups excluding carboxylic acids is 1. The molecule has 8 heteroatoms. The SMILES string of the molecule is Cc1nc(COc2ccc(/C=C/C(=O)NC(C#N)c3ccc(F)cc3F)cc2)cs1. The number of nitrogens with zero attached hydrogens (tertiary/aromatic N) is 2. The van der Waals surface area contributed by atoms with Gasteiger partial charge in [-0.15, -0.1) is 11.3 Å². The van der Waals surface area contributed by atoms with Crippen molar-refractivity contribution >= 4 is 23.3 Å². The number of hydrogen-bond donors (Lipinski definition) is 1. The van der Waals surface area contributed by atoms with Gasteiger partial charge in [0.15, 0.2) is 0 Å². The van der Waals surface area contributed by atoms with E-state index in [0.717, 1.165) is 28.4 Å². The van der Waals surface area contributed by atoms with Gasteiger partial charge >= 0.3 is 0 Å². The largest absolute Gasteiger partial charge is 0.487 e. The highest BCUT2D eigenvalue weighted by atomic mass is 32.1. The Kier molecular flexibility index (Phi) is 6.88. The molecule has 1 aromatic heterocycles. The van der Waals surface area contributed by atoms with Gasteiger partial charge in [0.05, 0.1) is 16.8 Å². The van der Waals surface area contributed by atoms with Crippen LogP contribution in [0.1, 0.15) is 27.9 Å². The summed E-state index contributed by atoms with van der Waals surface area (Å²) in [5.41, 5.74) is 1.50. The second kappa shape index (κ2) is 9.76. The number of halogens is 2. The minimum atomic E-state index is -1.23. The minimum Gasteiger partial charge on any atom is -0.487 e. The van der Waals surface area contributed by atoms with Crippen LogP contribution in [-0.2, 0) is 11.4 Å². The van der Waals surface area contributed by atoms with Crippen LogP contribution in [-0.4, -0.2) is 10.9 Å². The lowest BCUT2D eigenvalue weighted by atomic mass is 10.1. The van der Waals surface area contributed by atoms with Crippen LogP contribution < -0.4 is 10.1 Å². The molecule has 1 N–H and O–H groups in total. The number of nitrogens with one attached hydrogen (secondary N) is 1. The Labute approximate surface area is 176 Å². The zero-order valence-corrected chi connectivity index (χ0v) is 16.7. The molecule has 3 aromatic rings. The van der Waals surface area contributed by atoms with Crippen molar-refractivity contribution in [1.82, 2.24) is 10.3 Å². The zero-order valence-electron chi connectivity index (χ0n) is 15.9. The normalized spacial score (nSPS) is 11.8. The third-order valence-electron chi connectivity index (χ3n) is 4.05. The molecule has 0 radical (unpaired) electrons. The highest BCUT2D eigenvalue weighted by molar-refractivity contribution is 7.09. The number of amides is 1. The molecular weight excluding hydrogens is 408 g/mol. The summed E-state index contributed by atoms with van der Waals surface area (Å²) in [6.45, 7) is 2.30. The molecule has 0 bridgehead atoms. The predicted octanol–water partition coefficient (Wildman–Crippen LogP) is 4.70. The van der Waals surface area contributed by atoms with Crippen LogP contribution in [0.2, 0.25) is 0 Å². The maximum absolute atomic E-state index is 13.8. The maximum atomic E-state index is 13.8. The van der Waals surface area contributed by atoms with E-state index in [1.165, 1.54) is 6.08 Å². The lowest BCUT2D eigenvalue weighted by molar-refractivity contribution is -0.116. The second-order valence-corrected chi connectivity index (χ2v) is 7.35. The average Bonchev–Trinajstić information content (AvgIpc) is 3.15. The molecule has 3 rings (SSSR count). The van der Waals surface area contributed by atoms with Crippen LogP contribution in [0.25, 0.3) is 6.08 Å². The van der Waals surface area contributed by atoms with Crippen molar-refractivity contribution in [2.45, 2.75) is 19.6 Å². The summed E-state index contributed by atoms with van der Waals surface area (Å²) in [4.78, 5) is 16.4. The Morgan fingerprint density at radius 3 is 2.70 bits per heavy atom. The van der Waals surface area contributed by atoms with Gasteiger partial charge in [0.1, 0.15) is 30.0 Å². The van der Waals surface area contributed by atoms with Gasteiger partial charge in [-0.25, -0.2) is 13.8 Å². The van der Waals surface area contributed by atoms with Crippen molar-refractivity contribution in [3.63, 3.8) is 0 Å². The minimum absolute atomic E-state index is 0.0996. The molecule has 0 spiro atoms. The van der Waals surface area contributed by atoms with Gasteiger partial charge in [0.2, 0.25) is 5.91 Å². The van der Waals surface area contributed by atoms with Crippen molar-refractivity contribution in [3.8, 4) is 11.8 Å². The molecule has 0 saturated carbocycles. The summed E-state index contributed by atoms with van der Waals surface area (Å²) in [5, 5.41) is 14.5. The van der Waals surface area contributed by atoms with Gasteiger partial charge < -0.3 is 10.1 Å². The van der Waals surface area contributed by atoms with Crippen molar-refractivity contribution in [3.05, 3.63) is 87.4 Å². The summed E-state index contributed by atoms with van der Waals surface area (Å²) in [6.07, 6.45) is 2.79. The van der Waals surface area contributed by atoms with Gasteiger partial charge in [0.25, 0.3) is 0 Å². The molecule has 2 aromatic carbocycles. The molecule has 1 unspecified atom stereocenters. The number of rotatable bonds is 7. The van der Waals surface area contributed by atoms with Crippen molar-refractivity contribution in [1.29, 1.82) is 5.26 Å². The monoisotopic (exact) mass is 425 g/mol. The van der Waals surface area contributed by atoms with Crippen LogP contribution in [0, 0.1) is 29.9 Å². The number of hydrogen-bond acceptors (Lipinski definition) is 5. The van der Waals surface area contributed by atoms with E-state index in [-0.39, 0.29) is 5.56 Å². The first-order valence-corrected chi connectivity index (χ1v) is 9.79. The van der Waals surface area contributed by atoms with Crippen LogP contribution >= 0.6 is 11.3 Å². The summed E-state index contributed by atoms with van der Waals surface area (Å²) < 4.78 is 32.5. The van der Waals surface area contributed by atoms with Crippen molar-refractivity contribution in [2.24, 2.45) is 0 Å². The first-order valence-electron chi connectivity index (χ1n) is 8.91. The number of nitriles is 1. The molecule has 0 aliphatic rings. The van der Waals surface area contributed by atoms with E-state index in [4.69, 9.17) is 4.74 Å². The van der Waals surface area contributed by atoms with Gasteiger partial charge in [-0.1, -0.05) is 18.2 Å². The fraction of sp³-hybridized carbons (Fsp3) is 0.136. The van der Waals surface area contributed by atoms with E-state index in [1.54, 1.807) is 47.7 Å². The van der Waals surface area contributed by atoms with E-state index < -0.39 is 23.6 Å². The van der Waals surface area contributed by atoms with Crippen molar-refractivity contribution < 1.29 is 18.3 Å². The number of aromatic nitrogens is 1. The van der Waals surface area contributed by atoms with E-state index in [2.05, 4.69) is 10.3 Å². The van der Waals surface area contributed by atoms with Crippen LogP contribution in [0.15, 0.2) is 53.9 Å². The van der Waals surface area contributed by atoms with Gasteiger partial charge in [-0.2, -0.15) is 5.26 Å². The number of ether oxygens (including phenoxy) is 1. The Balaban J connectivity index is 1.56. The fourth-order valence-corrected chi connectivity index (χ4v) is 3.18. The first-order chi connectivity index (χ1) is 14.4. The third kappa shape index (κ3) is 5.72. The van der Waals surface area contributed by atoms with E-state index >= 15 is 0 Å². The number of thiazole rings is 1. The van der Waals surface area contributed by atoms with Gasteiger partial charge in [-0.3, -0.25) is 4.79 Å². The quantitative estimate of drug-likeness (QED) is 0.557. The van der Waals surface area contributed by atoms with E-state index in [1.807, 2.05) is 12.3 Å². The Morgan fingerprint density at radius 2 is 2.07 bits per heavy atom. The smallest absolute Gasteiger partial charge is 0.245 e. The molecule has 30 heavy (non-hydrogen) atoms. The Hall–Kier alpha value is -3.57. The number of aryl methyl sites for hydroxylation is 1. The standard InChI is InChI=1S/C22H17F2N3O2S/c1-14-26-17(13-30-14)12-29-18-6-2-15(3-7-18)4-9-22(28)27-21(11-25)19-8-5-16(23)10-20(19)24/h2-10,13,21H,12H2,1H3,(H,27,28)/b9-4+. The average molecular weight is 425 g/mol. The first kappa shape index (κ1) is 21.1. The number of benzene rings is 2. The van der Waals surface area contributed by atoms with Crippen LogP contribution in [0.5, 0.6) is 5.75 Å². The summed E-state index contributed by atoms with van der Waals surface area (Å²) in [6, 6.07) is 10.5. The number of carbonyl (C=O) groups is 1. The maximum Gasteiger partial charge on any atom is 0.245 e. The molecule has 1 heterocycles. The molecule has 152 valence electrons. The Bertz CT molecular complexity index is 1100. The lowest BCUT2D eigenvalue weighted by Gasteiger charge is -2.11. The zero-order chi connectivity index (χ0) is 21.5. The topological polar surface area (TPSA) is 75.0 Å². The third-order valence-corrected chi connectivity index (χ3v) is 4.87. The van der Waals surface area contributed by atoms with Gasteiger partial charge in [-0.05, 0) is 36.8 Å². The fourth-order valence-electron chi connectivity index (χ4n) is 2.58. The molecule has 5 nitrogen and oxygen atoms in total. The molecule has 0 aliphatic carbocycles. The molecule has 0 fully saturated rings. The highest BCUT2D eigenvalue weighted by Crippen LogP contribution is 2.18. The molecule has 0 aliphatic heterocycles. The second-order valence-electron chi connectivity index (χ2n) is 6.29. The van der Waals surface area contributed by atoms with E-state index in [0.29, 0.717) is 18.4 Å². The lowest BCUT2D eigenvalue weighted by Crippen LogP contribution is -2.26. The summed E-state index contributed by atoms with van der Waals surface area (Å²) in [7, 11) is 0.